The number of hydrogen-bond acceptors (Lipinski definition) is 2. The van der Waals surface area contributed by atoms with Crippen LogP contribution in [0.3, 0.4) is 0 Å². The Morgan fingerprint density at radius 1 is 1.25 bits per heavy atom. The maximum Gasteiger partial charge on any atom is 0.241 e. The van der Waals surface area contributed by atoms with E-state index >= 15 is 0 Å². The quantitative estimate of drug-likeness (QED) is 0.920. The number of nitrogens with zero attached hydrogens (tertiary/aromatic N) is 1. The predicted molar refractivity (Wildman–Crippen MR) is 75.4 cm³/mol. The molecule has 1 saturated carbocycles. The van der Waals surface area contributed by atoms with Crippen molar-refractivity contribution in [3.05, 3.63) is 35.6 Å². The maximum absolute atomic E-state index is 13.1. The Labute approximate surface area is 119 Å². The van der Waals surface area contributed by atoms with E-state index in [-0.39, 0.29) is 23.9 Å². The molecular weight excluding hydrogens is 255 g/mol. The molecule has 0 bridgehead atoms. The molecule has 2 fully saturated rings. The first-order chi connectivity index (χ1) is 9.65. The minimum absolute atomic E-state index is 0.112. The van der Waals surface area contributed by atoms with Crippen molar-refractivity contribution in [2.75, 3.05) is 6.54 Å². The van der Waals surface area contributed by atoms with Gasteiger partial charge in [-0.3, -0.25) is 10.1 Å². The summed E-state index contributed by atoms with van der Waals surface area (Å²) in [5.41, 5.74) is 0.960. The summed E-state index contributed by atoms with van der Waals surface area (Å²) in [6.07, 6.45) is 4.87. The fourth-order valence-corrected chi connectivity index (χ4v) is 3.36. The second-order valence-electron chi connectivity index (χ2n) is 5.98. The van der Waals surface area contributed by atoms with E-state index < -0.39 is 0 Å². The van der Waals surface area contributed by atoms with Crippen LogP contribution in [0.4, 0.5) is 4.39 Å². The molecule has 20 heavy (non-hydrogen) atoms. The average molecular weight is 276 g/mol. The van der Waals surface area contributed by atoms with E-state index in [2.05, 4.69) is 5.32 Å². The number of rotatable bonds is 3. The van der Waals surface area contributed by atoms with Gasteiger partial charge in [0.1, 0.15) is 12.0 Å². The SMILES string of the molecule is CC1NC(c2ccc(F)cc2)N(CC2CCCC2)C1=O. The molecule has 2 unspecified atom stereocenters. The summed E-state index contributed by atoms with van der Waals surface area (Å²) >= 11 is 0. The standard InChI is InChI=1S/C16H21FN2O/c1-11-16(20)19(10-12-4-2-3-5-12)15(18-11)13-6-8-14(17)9-7-13/h6-9,11-12,15,18H,2-5,10H2,1H3. The second-order valence-corrected chi connectivity index (χ2v) is 5.98. The summed E-state index contributed by atoms with van der Waals surface area (Å²) in [4.78, 5) is 14.3. The van der Waals surface area contributed by atoms with Crippen LogP contribution in [-0.2, 0) is 4.79 Å². The molecule has 1 saturated heterocycles. The zero-order valence-electron chi connectivity index (χ0n) is 11.8. The van der Waals surface area contributed by atoms with Crippen LogP contribution < -0.4 is 5.32 Å². The Balaban J connectivity index is 1.79. The van der Waals surface area contributed by atoms with Crippen LogP contribution in [-0.4, -0.2) is 23.4 Å². The molecule has 1 heterocycles. The van der Waals surface area contributed by atoms with Gasteiger partial charge in [0.25, 0.3) is 0 Å². The number of nitrogens with one attached hydrogen (secondary N) is 1. The zero-order chi connectivity index (χ0) is 14.1. The Hall–Kier alpha value is -1.42. The highest BCUT2D eigenvalue weighted by Gasteiger charge is 2.38. The second kappa shape index (κ2) is 5.52. The fraction of sp³-hybridized carbons (Fsp3) is 0.562. The van der Waals surface area contributed by atoms with E-state index in [1.54, 1.807) is 12.1 Å². The van der Waals surface area contributed by atoms with Crippen LogP contribution in [0.5, 0.6) is 0 Å². The number of carbonyl (C=O) groups is 1. The number of hydrogen-bond donors (Lipinski definition) is 1. The van der Waals surface area contributed by atoms with Crippen LogP contribution in [0.15, 0.2) is 24.3 Å². The molecule has 108 valence electrons. The van der Waals surface area contributed by atoms with Crippen molar-refractivity contribution in [3.8, 4) is 0 Å². The molecule has 0 aromatic heterocycles. The van der Waals surface area contributed by atoms with Crippen LogP contribution in [0.2, 0.25) is 0 Å². The topological polar surface area (TPSA) is 32.3 Å². The lowest BCUT2D eigenvalue weighted by atomic mass is 10.1. The number of benzene rings is 1. The van der Waals surface area contributed by atoms with Gasteiger partial charge < -0.3 is 4.90 Å². The first-order valence-corrected chi connectivity index (χ1v) is 7.47. The van der Waals surface area contributed by atoms with Gasteiger partial charge in [-0.2, -0.15) is 0 Å². The van der Waals surface area contributed by atoms with Gasteiger partial charge in [-0.15, -0.1) is 0 Å². The normalized spacial score (nSPS) is 27.5. The van der Waals surface area contributed by atoms with Crippen molar-refractivity contribution in [1.29, 1.82) is 0 Å². The van der Waals surface area contributed by atoms with Gasteiger partial charge in [-0.1, -0.05) is 25.0 Å². The van der Waals surface area contributed by atoms with Crippen LogP contribution >= 0.6 is 0 Å². The third kappa shape index (κ3) is 2.57. The predicted octanol–water partition coefficient (Wildman–Crippen LogP) is 2.83. The summed E-state index contributed by atoms with van der Waals surface area (Å²) in [7, 11) is 0. The Morgan fingerprint density at radius 2 is 1.90 bits per heavy atom. The smallest absolute Gasteiger partial charge is 0.241 e. The molecule has 3 nitrogen and oxygen atoms in total. The van der Waals surface area contributed by atoms with Crippen LogP contribution in [0.1, 0.15) is 44.3 Å². The van der Waals surface area contributed by atoms with Crippen molar-refractivity contribution >= 4 is 5.91 Å². The largest absolute Gasteiger partial charge is 0.321 e. The molecule has 1 aliphatic carbocycles. The van der Waals surface area contributed by atoms with Gasteiger partial charge in [0.05, 0.1) is 6.04 Å². The third-order valence-electron chi connectivity index (χ3n) is 4.49. The average Bonchev–Trinajstić information content (AvgIpc) is 3.04. The monoisotopic (exact) mass is 276 g/mol. The third-order valence-corrected chi connectivity index (χ3v) is 4.49. The van der Waals surface area contributed by atoms with E-state index in [4.69, 9.17) is 0 Å². The van der Waals surface area contributed by atoms with Gasteiger partial charge in [0.2, 0.25) is 5.91 Å². The van der Waals surface area contributed by atoms with E-state index in [0.29, 0.717) is 5.92 Å². The highest BCUT2D eigenvalue weighted by molar-refractivity contribution is 5.84. The van der Waals surface area contributed by atoms with E-state index in [1.165, 1.54) is 37.8 Å². The Morgan fingerprint density at radius 3 is 2.55 bits per heavy atom. The van der Waals surface area contributed by atoms with Crippen LogP contribution in [0, 0.1) is 11.7 Å². The van der Waals surface area contributed by atoms with Gasteiger partial charge in [0, 0.05) is 6.54 Å². The minimum atomic E-state index is -0.242. The summed E-state index contributed by atoms with van der Waals surface area (Å²) in [5, 5.41) is 3.32. The molecule has 1 N–H and O–H groups in total. The fourth-order valence-electron chi connectivity index (χ4n) is 3.36. The number of amides is 1. The van der Waals surface area contributed by atoms with E-state index in [1.807, 2.05) is 11.8 Å². The molecule has 1 aromatic carbocycles. The maximum atomic E-state index is 13.1. The van der Waals surface area contributed by atoms with Crippen molar-refractivity contribution in [2.45, 2.75) is 44.8 Å². The van der Waals surface area contributed by atoms with Gasteiger partial charge in [-0.25, -0.2) is 4.39 Å². The highest BCUT2D eigenvalue weighted by atomic mass is 19.1. The van der Waals surface area contributed by atoms with E-state index in [9.17, 15) is 9.18 Å². The number of carbonyl (C=O) groups excluding carboxylic acids is 1. The molecule has 4 heteroatoms. The minimum Gasteiger partial charge on any atom is -0.321 e. The molecular formula is C16H21FN2O. The summed E-state index contributed by atoms with van der Waals surface area (Å²) in [6, 6.07) is 6.28. The van der Waals surface area contributed by atoms with Gasteiger partial charge in [0.15, 0.2) is 0 Å². The molecule has 1 amide bonds. The Kier molecular flexibility index (Phi) is 3.74. The van der Waals surface area contributed by atoms with E-state index in [0.717, 1.165) is 12.1 Å². The lowest BCUT2D eigenvalue weighted by molar-refractivity contribution is -0.130. The van der Waals surface area contributed by atoms with Crippen molar-refractivity contribution in [1.82, 2.24) is 10.2 Å². The summed E-state index contributed by atoms with van der Waals surface area (Å²) < 4.78 is 13.1. The first kappa shape index (κ1) is 13.6. The Bertz CT molecular complexity index is 482. The molecule has 0 spiro atoms. The lowest BCUT2D eigenvalue weighted by Crippen LogP contribution is -2.34. The van der Waals surface area contributed by atoms with Crippen molar-refractivity contribution in [3.63, 3.8) is 0 Å². The molecule has 1 aliphatic heterocycles. The summed E-state index contributed by atoms with van der Waals surface area (Å²) in [5.74, 6) is 0.536. The first-order valence-electron chi connectivity index (χ1n) is 7.47. The zero-order valence-corrected chi connectivity index (χ0v) is 11.8. The van der Waals surface area contributed by atoms with Gasteiger partial charge >= 0.3 is 0 Å². The molecule has 1 aromatic rings. The molecule has 2 aliphatic rings. The summed E-state index contributed by atoms with van der Waals surface area (Å²) in [6.45, 7) is 2.71. The lowest BCUT2D eigenvalue weighted by Gasteiger charge is -2.27. The van der Waals surface area contributed by atoms with Crippen LogP contribution in [0.25, 0.3) is 0 Å². The molecule has 3 rings (SSSR count). The molecule has 0 radical (unpaired) electrons. The van der Waals surface area contributed by atoms with Crippen molar-refractivity contribution < 1.29 is 9.18 Å². The highest BCUT2D eigenvalue weighted by Crippen LogP contribution is 2.31. The van der Waals surface area contributed by atoms with Crippen molar-refractivity contribution in [2.24, 2.45) is 5.92 Å². The molecule has 2 atom stereocenters. The van der Waals surface area contributed by atoms with Gasteiger partial charge in [-0.05, 0) is 43.4 Å². The number of halogens is 1.